The van der Waals surface area contributed by atoms with Crippen LogP contribution in [0.25, 0.3) is 10.2 Å². The number of Topliss-reactive ketones (excluding diaryl/α,β-unsaturated/α-hetero) is 1. The molecule has 5 rings (SSSR count). The third-order valence-electron chi connectivity index (χ3n) is 5.66. The van der Waals surface area contributed by atoms with E-state index >= 15 is 0 Å². The predicted molar refractivity (Wildman–Crippen MR) is 132 cm³/mol. The van der Waals surface area contributed by atoms with Crippen molar-refractivity contribution in [1.82, 2.24) is 4.98 Å². The summed E-state index contributed by atoms with van der Waals surface area (Å²) in [6, 6.07) is 13.5. The molecule has 1 aliphatic heterocycles. The summed E-state index contributed by atoms with van der Waals surface area (Å²) in [5, 5.41) is 13.1. The van der Waals surface area contributed by atoms with Crippen molar-refractivity contribution in [2.75, 3.05) is 19.1 Å². The van der Waals surface area contributed by atoms with Crippen LogP contribution >= 0.6 is 22.7 Å². The molecule has 0 aliphatic carbocycles. The molecule has 0 radical (unpaired) electrons. The van der Waals surface area contributed by atoms with E-state index in [2.05, 4.69) is 4.98 Å². The van der Waals surface area contributed by atoms with E-state index in [1.165, 1.54) is 41.8 Å². The minimum Gasteiger partial charge on any atom is -0.503 e. The molecule has 1 unspecified atom stereocenters. The third kappa shape index (κ3) is 3.53. The number of aliphatic hydroxyl groups excluding tert-OH is 1. The highest BCUT2D eigenvalue weighted by molar-refractivity contribution is 7.22. The van der Waals surface area contributed by atoms with Gasteiger partial charge in [0.25, 0.3) is 5.91 Å². The number of fused-ring (bicyclic) bond motifs is 1. The van der Waals surface area contributed by atoms with E-state index in [1.807, 2.05) is 25.1 Å². The largest absolute Gasteiger partial charge is 0.503 e. The van der Waals surface area contributed by atoms with Crippen LogP contribution in [-0.4, -0.2) is 36.0 Å². The normalized spacial score (nSPS) is 15.9. The van der Waals surface area contributed by atoms with Crippen LogP contribution in [0, 0.1) is 6.92 Å². The summed E-state index contributed by atoms with van der Waals surface area (Å²) in [5.41, 5.74) is 2.41. The molecule has 9 heteroatoms. The molecule has 3 heterocycles. The Labute approximate surface area is 203 Å². The third-order valence-corrected chi connectivity index (χ3v) is 7.55. The first-order valence-electron chi connectivity index (χ1n) is 10.4. The number of amides is 1. The number of hydrogen-bond acceptors (Lipinski definition) is 8. The van der Waals surface area contributed by atoms with Gasteiger partial charge in [0.15, 0.2) is 22.4 Å². The minimum atomic E-state index is -0.886. The van der Waals surface area contributed by atoms with Crippen LogP contribution in [-0.2, 0) is 4.79 Å². The van der Waals surface area contributed by atoms with Gasteiger partial charge in [-0.3, -0.25) is 14.5 Å². The quantitative estimate of drug-likeness (QED) is 0.359. The Morgan fingerprint density at radius 3 is 2.59 bits per heavy atom. The Kier molecular flexibility index (Phi) is 5.59. The standard InChI is InChI=1S/C25H20N2O5S2/c1-13-6-8-15-19(11-13)34-25(26-15)27-21(14-7-9-16(31-2)17(12-14)32-3)20(23(29)24(27)30)22(28)18-5-4-10-33-18/h4-12,21,29H,1-3H3. The zero-order valence-corrected chi connectivity index (χ0v) is 20.2. The summed E-state index contributed by atoms with van der Waals surface area (Å²) in [4.78, 5) is 33.3. The second-order valence-electron chi connectivity index (χ2n) is 7.73. The van der Waals surface area contributed by atoms with Gasteiger partial charge in [0.1, 0.15) is 0 Å². The van der Waals surface area contributed by atoms with Crippen LogP contribution in [0.1, 0.15) is 26.8 Å². The molecule has 1 aliphatic rings. The average molecular weight is 493 g/mol. The lowest BCUT2D eigenvalue weighted by molar-refractivity contribution is -0.117. The average Bonchev–Trinajstić information content (AvgIpc) is 3.57. The van der Waals surface area contributed by atoms with Gasteiger partial charge in [-0.25, -0.2) is 4.98 Å². The molecule has 0 saturated carbocycles. The molecule has 34 heavy (non-hydrogen) atoms. The summed E-state index contributed by atoms with van der Waals surface area (Å²) < 4.78 is 11.7. The summed E-state index contributed by atoms with van der Waals surface area (Å²) in [6.07, 6.45) is 0. The lowest BCUT2D eigenvalue weighted by atomic mass is 9.95. The highest BCUT2D eigenvalue weighted by atomic mass is 32.1. The maximum absolute atomic E-state index is 13.5. The van der Waals surface area contributed by atoms with Crippen molar-refractivity contribution in [2.24, 2.45) is 0 Å². The number of benzene rings is 2. The Bertz CT molecular complexity index is 1460. The van der Waals surface area contributed by atoms with Crippen LogP contribution in [0.2, 0.25) is 0 Å². The summed E-state index contributed by atoms with van der Waals surface area (Å²) in [5.74, 6) is -0.692. The highest BCUT2D eigenvalue weighted by Crippen LogP contribution is 2.46. The number of aliphatic hydroxyl groups is 1. The van der Waals surface area contributed by atoms with Gasteiger partial charge in [0.2, 0.25) is 5.78 Å². The maximum Gasteiger partial charge on any atom is 0.296 e. The van der Waals surface area contributed by atoms with E-state index in [0.717, 1.165) is 15.8 Å². The Morgan fingerprint density at radius 1 is 1.09 bits per heavy atom. The minimum absolute atomic E-state index is 0.00936. The molecule has 172 valence electrons. The number of aromatic nitrogens is 1. The second-order valence-corrected chi connectivity index (χ2v) is 9.69. The van der Waals surface area contributed by atoms with Crippen molar-refractivity contribution in [3.8, 4) is 11.5 Å². The SMILES string of the molecule is COc1ccc(C2C(C(=O)c3cccs3)=C(O)C(=O)N2c2nc3ccc(C)cc3s2)cc1OC. The van der Waals surface area contributed by atoms with Crippen LogP contribution in [0.15, 0.2) is 65.2 Å². The van der Waals surface area contributed by atoms with Gasteiger partial charge in [-0.05, 0) is 53.8 Å². The molecule has 0 bridgehead atoms. The van der Waals surface area contributed by atoms with Gasteiger partial charge >= 0.3 is 0 Å². The molecule has 0 saturated heterocycles. The molecule has 7 nitrogen and oxygen atoms in total. The topological polar surface area (TPSA) is 89.0 Å². The number of hydrogen-bond donors (Lipinski definition) is 1. The molecule has 0 spiro atoms. The molecule has 1 amide bonds. The van der Waals surface area contributed by atoms with Gasteiger partial charge < -0.3 is 14.6 Å². The fourth-order valence-corrected chi connectivity index (χ4v) is 5.80. The van der Waals surface area contributed by atoms with Crippen molar-refractivity contribution >= 4 is 49.7 Å². The molecule has 1 atom stereocenters. The number of anilines is 1. The van der Waals surface area contributed by atoms with E-state index in [4.69, 9.17) is 9.47 Å². The molecule has 0 fully saturated rings. The number of rotatable bonds is 6. The van der Waals surface area contributed by atoms with Gasteiger partial charge in [-0.2, -0.15) is 0 Å². The predicted octanol–water partition coefficient (Wildman–Crippen LogP) is 5.47. The zero-order chi connectivity index (χ0) is 24.0. The van der Waals surface area contributed by atoms with Gasteiger partial charge in [-0.1, -0.05) is 29.5 Å². The van der Waals surface area contributed by atoms with E-state index in [-0.39, 0.29) is 5.57 Å². The van der Waals surface area contributed by atoms with Gasteiger partial charge in [-0.15, -0.1) is 11.3 Å². The summed E-state index contributed by atoms with van der Waals surface area (Å²) >= 11 is 2.59. The number of ketones is 1. The maximum atomic E-state index is 13.5. The lowest BCUT2D eigenvalue weighted by Gasteiger charge is -2.25. The van der Waals surface area contributed by atoms with Crippen molar-refractivity contribution in [3.63, 3.8) is 0 Å². The first-order valence-corrected chi connectivity index (χ1v) is 12.1. The highest BCUT2D eigenvalue weighted by Gasteiger charge is 2.46. The van der Waals surface area contributed by atoms with Crippen LogP contribution in [0.3, 0.4) is 0 Å². The monoisotopic (exact) mass is 492 g/mol. The van der Waals surface area contributed by atoms with Crippen LogP contribution in [0.4, 0.5) is 5.13 Å². The molecule has 2 aromatic carbocycles. The number of aryl methyl sites for hydroxylation is 1. The fraction of sp³-hybridized carbons (Fsp3) is 0.160. The van der Waals surface area contributed by atoms with Crippen LogP contribution in [0.5, 0.6) is 11.5 Å². The van der Waals surface area contributed by atoms with Gasteiger partial charge in [0, 0.05) is 0 Å². The molecule has 2 aromatic heterocycles. The van der Waals surface area contributed by atoms with Crippen molar-refractivity contribution < 1.29 is 24.2 Å². The molecule has 4 aromatic rings. The first kappa shape index (κ1) is 22.1. The molecular formula is C25H20N2O5S2. The first-order chi connectivity index (χ1) is 16.4. The second kappa shape index (κ2) is 8.58. The molecular weight excluding hydrogens is 472 g/mol. The fourth-order valence-electron chi connectivity index (χ4n) is 4.04. The summed E-state index contributed by atoms with van der Waals surface area (Å²) in [7, 11) is 3.05. The van der Waals surface area contributed by atoms with Crippen molar-refractivity contribution in [2.45, 2.75) is 13.0 Å². The van der Waals surface area contributed by atoms with E-state index in [1.54, 1.807) is 35.7 Å². The smallest absolute Gasteiger partial charge is 0.296 e. The number of nitrogens with zero attached hydrogens (tertiary/aromatic N) is 2. The molecule has 1 N–H and O–H groups in total. The number of carbonyl (C=O) groups excluding carboxylic acids is 2. The van der Waals surface area contributed by atoms with Gasteiger partial charge in [0.05, 0.1) is 40.9 Å². The van der Waals surface area contributed by atoms with E-state index in [0.29, 0.717) is 27.1 Å². The lowest BCUT2D eigenvalue weighted by Crippen LogP contribution is -2.31. The summed E-state index contributed by atoms with van der Waals surface area (Å²) in [6.45, 7) is 1.98. The zero-order valence-electron chi connectivity index (χ0n) is 18.6. The van der Waals surface area contributed by atoms with E-state index in [9.17, 15) is 14.7 Å². The number of thiazole rings is 1. The number of ether oxygens (including phenoxy) is 2. The Morgan fingerprint density at radius 2 is 1.88 bits per heavy atom. The van der Waals surface area contributed by atoms with E-state index < -0.39 is 23.5 Å². The number of thiophene rings is 1. The Hall–Kier alpha value is -3.69. The Balaban J connectivity index is 1.70. The number of carbonyl (C=O) groups is 2. The van der Waals surface area contributed by atoms with Crippen molar-refractivity contribution in [1.29, 1.82) is 0 Å². The van der Waals surface area contributed by atoms with Crippen molar-refractivity contribution in [3.05, 3.63) is 81.2 Å². The van der Waals surface area contributed by atoms with Crippen LogP contribution < -0.4 is 14.4 Å². The number of methoxy groups -OCH3 is 2.